The van der Waals surface area contributed by atoms with Crippen LogP contribution >= 0.6 is 0 Å². The summed E-state index contributed by atoms with van der Waals surface area (Å²) in [6.45, 7) is 26.4. The van der Waals surface area contributed by atoms with Gasteiger partial charge in [-0.05, 0) is 115 Å². The van der Waals surface area contributed by atoms with Crippen LogP contribution in [0.15, 0.2) is 5.11 Å². The van der Waals surface area contributed by atoms with E-state index in [0.717, 1.165) is 37.0 Å². The zero-order valence-corrected chi connectivity index (χ0v) is 30.2. The smallest absolute Gasteiger partial charge is 0.302 e. The lowest BCUT2D eigenvalue weighted by Crippen LogP contribution is -2.54. The largest absolute Gasteiger partial charge is 0.466 e. The molecule has 242 valence electrons. The van der Waals surface area contributed by atoms with Gasteiger partial charge in [-0.25, -0.2) is 0 Å². The monoisotopic (exact) mass is 603 g/mol. The van der Waals surface area contributed by atoms with Gasteiger partial charge in [0, 0.05) is 30.4 Å². The summed E-state index contributed by atoms with van der Waals surface area (Å²) >= 11 is 0. The molecule has 3 aliphatic carbocycles. The van der Waals surface area contributed by atoms with Gasteiger partial charge in [0.25, 0.3) is 0 Å². The average molecular weight is 604 g/mol. The lowest BCUT2D eigenvalue weighted by molar-refractivity contribution is -0.150. The molecule has 7 heteroatoms. The number of hydrogen-bond donors (Lipinski definition) is 0. The van der Waals surface area contributed by atoms with Crippen molar-refractivity contribution in [3.63, 3.8) is 0 Å². The quantitative estimate of drug-likeness (QED) is 0.0731. The van der Waals surface area contributed by atoms with Gasteiger partial charge >= 0.3 is 5.97 Å². The Bertz CT molecular complexity index is 958. The van der Waals surface area contributed by atoms with Crippen molar-refractivity contribution < 1.29 is 14.0 Å². The SMILES string of the molecule is CC(=O)OC[C@H]1CC(O[Si](C)(C)C(C)(C)C)CC[C@]1(C)[C@H]1CC[C@]2(C)[C@@H]([C@H](C)CCCC(C)C)CC[C@H]2[C@@H]1CN=[N+]=[N-]. The highest BCUT2D eigenvalue weighted by Gasteiger charge is 2.59. The molecular formula is C35H65N3O3Si. The minimum Gasteiger partial charge on any atom is -0.466 e. The Kier molecular flexibility index (Phi) is 11.8. The number of azide groups is 1. The fraction of sp³-hybridized carbons (Fsp3) is 0.971. The first kappa shape index (κ1) is 35.4. The van der Waals surface area contributed by atoms with Crippen LogP contribution in [0.2, 0.25) is 18.1 Å². The van der Waals surface area contributed by atoms with Gasteiger partial charge in [0.05, 0.1) is 6.61 Å². The second-order valence-electron chi connectivity index (χ2n) is 17.1. The van der Waals surface area contributed by atoms with Gasteiger partial charge in [-0.2, -0.15) is 0 Å². The van der Waals surface area contributed by atoms with Crippen LogP contribution in [0.5, 0.6) is 0 Å². The average Bonchev–Trinajstić information content (AvgIpc) is 3.23. The summed E-state index contributed by atoms with van der Waals surface area (Å²) in [6.07, 6.45) is 12.3. The first-order valence-electron chi connectivity index (χ1n) is 17.3. The van der Waals surface area contributed by atoms with Crippen molar-refractivity contribution in [2.24, 2.45) is 57.4 Å². The molecule has 0 N–H and O–H groups in total. The van der Waals surface area contributed by atoms with Gasteiger partial charge in [-0.1, -0.05) is 79.8 Å². The van der Waals surface area contributed by atoms with Crippen LogP contribution in [0.25, 0.3) is 10.4 Å². The Balaban J connectivity index is 1.87. The number of rotatable bonds is 12. The third kappa shape index (κ3) is 7.78. The van der Waals surface area contributed by atoms with E-state index in [1.165, 1.54) is 51.9 Å². The van der Waals surface area contributed by atoms with Gasteiger partial charge in [0.15, 0.2) is 8.32 Å². The van der Waals surface area contributed by atoms with E-state index < -0.39 is 8.32 Å². The van der Waals surface area contributed by atoms with Gasteiger partial charge in [-0.15, -0.1) is 0 Å². The summed E-state index contributed by atoms with van der Waals surface area (Å²) < 4.78 is 12.7. The molecular weight excluding hydrogens is 538 g/mol. The maximum atomic E-state index is 12.0. The maximum absolute atomic E-state index is 12.0. The first-order chi connectivity index (χ1) is 19.5. The molecule has 3 fully saturated rings. The Morgan fingerprint density at radius 3 is 2.26 bits per heavy atom. The van der Waals surface area contributed by atoms with Crippen LogP contribution < -0.4 is 0 Å². The molecule has 0 bridgehead atoms. The zero-order chi connectivity index (χ0) is 31.5. The summed E-state index contributed by atoms with van der Waals surface area (Å²) in [6, 6.07) is 0. The van der Waals surface area contributed by atoms with Crippen molar-refractivity contribution in [3.8, 4) is 0 Å². The highest BCUT2D eigenvalue weighted by atomic mass is 28.4. The number of esters is 1. The molecule has 3 aliphatic rings. The molecule has 0 aliphatic heterocycles. The fourth-order valence-corrected chi connectivity index (χ4v) is 11.0. The van der Waals surface area contributed by atoms with Crippen LogP contribution in [0.1, 0.15) is 127 Å². The highest BCUT2D eigenvalue weighted by molar-refractivity contribution is 6.74. The topological polar surface area (TPSA) is 84.3 Å². The molecule has 0 saturated heterocycles. The summed E-state index contributed by atoms with van der Waals surface area (Å²) in [5, 5.41) is 4.43. The van der Waals surface area contributed by atoms with E-state index in [4.69, 9.17) is 9.16 Å². The number of hydrogen-bond acceptors (Lipinski definition) is 4. The van der Waals surface area contributed by atoms with Crippen LogP contribution in [-0.4, -0.2) is 33.5 Å². The first-order valence-corrected chi connectivity index (χ1v) is 20.2. The van der Waals surface area contributed by atoms with Crippen LogP contribution in [0.4, 0.5) is 0 Å². The van der Waals surface area contributed by atoms with Crippen molar-refractivity contribution >= 4 is 14.3 Å². The lowest BCUT2D eigenvalue weighted by atomic mass is 9.48. The van der Waals surface area contributed by atoms with Crippen molar-refractivity contribution in [2.45, 2.75) is 151 Å². The van der Waals surface area contributed by atoms with Crippen molar-refractivity contribution in [1.82, 2.24) is 0 Å². The number of ether oxygens (including phenoxy) is 1. The van der Waals surface area contributed by atoms with E-state index in [1.807, 2.05) is 0 Å². The second-order valence-corrected chi connectivity index (χ2v) is 21.9. The number of carbonyl (C=O) groups excluding carboxylic acids is 1. The van der Waals surface area contributed by atoms with Crippen LogP contribution in [0, 0.1) is 52.3 Å². The summed E-state index contributed by atoms with van der Waals surface area (Å²) in [5.74, 6) is 3.76. The summed E-state index contributed by atoms with van der Waals surface area (Å²) in [7, 11) is -1.91. The molecule has 1 unspecified atom stereocenters. The maximum Gasteiger partial charge on any atom is 0.302 e. The van der Waals surface area contributed by atoms with Crippen molar-refractivity contribution in [2.75, 3.05) is 13.2 Å². The van der Waals surface area contributed by atoms with Crippen LogP contribution in [0.3, 0.4) is 0 Å². The lowest BCUT2D eigenvalue weighted by Gasteiger charge is -2.58. The molecule has 0 aromatic carbocycles. The van der Waals surface area contributed by atoms with Crippen LogP contribution in [-0.2, 0) is 14.0 Å². The predicted molar refractivity (Wildman–Crippen MR) is 177 cm³/mol. The third-order valence-corrected chi connectivity index (χ3v) is 17.6. The van der Waals surface area contributed by atoms with Gasteiger partial charge in [0.1, 0.15) is 0 Å². The van der Waals surface area contributed by atoms with Gasteiger partial charge < -0.3 is 9.16 Å². The molecule has 0 amide bonds. The van der Waals surface area contributed by atoms with E-state index in [1.54, 1.807) is 0 Å². The molecule has 3 saturated carbocycles. The Morgan fingerprint density at radius 1 is 1.02 bits per heavy atom. The summed E-state index contributed by atoms with van der Waals surface area (Å²) in [4.78, 5) is 15.3. The highest BCUT2D eigenvalue weighted by Crippen LogP contribution is 2.65. The molecule has 0 radical (unpaired) electrons. The molecule has 0 aromatic heterocycles. The van der Waals surface area contributed by atoms with Crippen molar-refractivity contribution in [3.05, 3.63) is 10.4 Å². The zero-order valence-electron chi connectivity index (χ0n) is 29.2. The summed E-state index contributed by atoms with van der Waals surface area (Å²) in [5.41, 5.74) is 9.78. The molecule has 0 spiro atoms. The Labute approximate surface area is 259 Å². The van der Waals surface area contributed by atoms with E-state index in [-0.39, 0.29) is 28.4 Å². The second kappa shape index (κ2) is 13.9. The molecule has 3 rings (SSSR count). The van der Waals surface area contributed by atoms with E-state index in [2.05, 4.69) is 78.5 Å². The molecule has 0 aromatic rings. The molecule has 9 atom stereocenters. The number of fused-ring (bicyclic) bond motifs is 1. The van der Waals surface area contributed by atoms with E-state index in [0.29, 0.717) is 36.3 Å². The Hall–Kier alpha value is -1.04. The van der Waals surface area contributed by atoms with Gasteiger partial charge in [0.2, 0.25) is 0 Å². The molecule has 6 nitrogen and oxygen atoms in total. The third-order valence-electron chi connectivity index (χ3n) is 13.1. The standard InChI is InChI=1S/C35H65N3O3Si/c1-24(2)13-12-14-25(3)30-15-16-31-29(22-37-38-36)32(18-20-35(30,31)9)34(8)19-17-28(21-27(34)23-40-26(4)39)41-42(10,11)33(5,6)7/h24-25,27-32H,12-23H2,1-11H3/t25-,27-,28?,29+,30-,31+,32+,34+,35-/m1/s1. The fourth-order valence-electron chi connectivity index (χ4n) is 9.56. The number of nitrogens with zero attached hydrogens (tertiary/aromatic N) is 3. The van der Waals surface area contributed by atoms with Gasteiger partial charge in [-0.3, -0.25) is 4.79 Å². The van der Waals surface area contributed by atoms with E-state index in [9.17, 15) is 10.3 Å². The molecule has 0 heterocycles. The normalized spacial score (nSPS) is 36.3. The predicted octanol–water partition coefficient (Wildman–Crippen LogP) is 10.6. The number of carbonyl (C=O) groups is 1. The minimum absolute atomic E-state index is 0.0285. The Morgan fingerprint density at radius 2 is 1.67 bits per heavy atom. The molecule has 42 heavy (non-hydrogen) atoms. The van der Waals surface area contributed by atoms with Crippen molar-refractivity contribution in [1.29, 1.82) is 0 Å². The minimum atomic E-state index is -1.91. The van der Waals surface area contributed by atoms with E-state index >= 15 is 0 Å².